The fourth-order valence-corrected chi connectivity index (χ4v) is 4.11. The molecular formula is C15H26N2O5S. The second-order valence-electron chi connectivity index (χ2n) is 6.02. The number of methoxy groups -OCH3 is 1. The zero-order valence-corrected chi connectivity index (χ0v) is 14.4. The number of carboxylic acids is 1. The Morgan fingerprint density at radius 3 is 2.65 bits per heavy atom. The van der Waals surface area contributed by atoms with Crippen LogP contribution in [0, 0.1) is 5.92 Å². The van der Waals surface area contributed by atoms with Gasteiger partial charge in [0.15, 0.2) is 0 Å². The molecule has 0 bridgehead atoms. The van der Waals surface area contributed by atoms with Crippen molar-refractivity contribution in [3.05, 3.63) is 0 Å². The van der Waals surface area contributed by atoms with Gasteiger partial charge < -0.3 is 20.9 Å². The van der Waals surface area contributed by atoms with Crippen molar-refractivity contribution in [2.45, 2.75) is 56.4 Å². The summed E-state index contributed by atoms with van der Waals surface area (Å²) in [6.07, 6.45) is 4.14. The maximum atomic E-state index is 11.9. The zero-order chi connectivity index (χ0) is 17.4. The first-order chi connectivity index (χ1) is 10.8. The molecule has 132 valence electrons. The summed E-state index contributed by atoms with van der Waals surface area (Å²) in [5.74, 6) is -1.28. The molecule has 1 aliphatic carbocycles. The molecule has 4 N–H and O–H groups in total. The molecular weight excluding hydrogens is 320 g/mol. The van der Waals surface area contributed by atoms with Crippen molar-refractivity contribution in [1.29, 1.82) is 0 Å². The number of esters is 1. The van der Waals surface area contributed by atoms with Crippen LogP contribution in [0.2, 0.25) is 0 Å². The van der Waals surface area contributed by atoms with Crippen molar-refractivity contribution >= 4 is 29.6 Å². The van der Waals surface area contributed by atoms with E-state index in [0.717, 1.165) is 12.8 Å². The van der Waals surface area contributed by atoms with Crippen LogP contribution in [0.5, 0.6) is 0 Å². The van der Waals surface area contributed by atoms with Crippen molar-refractivity contribution in [1.82, 2.24) is 5.32 Å². The standard InChI is InChI=1S/C15H26N2O5S/c1-9-4-3-5-10(6-9)23-8-12(15(21)22-2)17-14(20)11(16)7-13(18)19/h9-12H,3-8,16H2,1-2H3,(H,17,20)(H,18,19)/t9?,10?,11-,12-/m0/s1. The first kappa shape index (κ1) is 19.8. The Morgan fingerprint density at radius 2 is 2.09 bits per heavy atom. The quantitative estimate of drug-likeness (QED) is 0.555. The Hall–Kier alpha value is -1.28. The van der Waals surface area contributed by atoms with Crippen LogP contribution in [-0.2, 0) is 19.1 Å². The van der Waals surface area contributed by atoms with Crippen LogP contribution in [0.25, 0.3) is 0 Å². The minimum atomic E-state index is -1.18. The van der Waals surface area contributed by atoms with Gasteiger partial charge in [-0.15, -0.1) is 0 Å². The fourth-order valence-electron chi connectivity index (χ4n) is 2.63. The van der Waals surface area contributed by atoms with Crippen molar-refractivity contribution in [3.8, 4) is 0 Å². The number of rotatable bonds is 8. The monoisotopic (exact) mass is 346 g/mol. The number of carbonyl (C=O) groups is 3. The number of aliphatic carboxylic acids is 1. The van der Waals surface area contributed by atoms with E-state index in [1.807, 2.05) is 0 Å². The van der Waals surface area contributed by atoms with Crippen LogP contribution in [0.4, 0.5) is 0 Å². The van der Waals surface area contributed by atoms with Gasteiger partial charge in [-0.1, -0.05) is 19.8 Å². The van der Waals surface area contributed by atoms with E-state index in [9.17, 15) is 14.4 Å². The summed E-state index contributed by atoms with van der Waals surface area (Å²) in [7, 11) is 1.26. The summed E-state index contributed by atoms with van der Waals surface area (Å²) in [6.45, 7) is 2.22. The molecule has 8 heteroatoms. The molecule has 0 heterocycles. The first-order valence-corrected chi connectivity index (χ1v) is 8.85. The molecule has 23 heavy (non-hydrogen) atoms. The SMILES string of the molecule is COC(=O)[C@H](CSC1CCCC(C)C1)NC(=O)[C@@H](N)CC(=O)O. The molecule has 1 aliphatic rings. The van der Waals surface area contributed by atoms with Gasteiger partial charge in [-0.25, -0.2) is 4.79 Å². The molecule has 0 saturated heterocycles. The highest BCUT2D eigenvalue weighted by Crippen LogP contribution is 2.32. The van der Waals surface area contributed by atoms with Crippen molar-refractivity contribution in [2.75, 3.05) is 12.9 Å². The molecule has 0 radical (unpaired) electrons. The molecule has 1 saturated carbocycles. The zero-order valence-electron chi connectivity index (χ0n) is 13.6. The third-order valence-corrected chi connectivity index (χ3v) is 5.35. The lowest BCUT2D eigenvalue weighted by Crippen LogP contribution is -2.50. The summed E-state index contributed by atoms with van der Waals surface area (Å²) >= 11 is 1.65. The average molecular weight is 346 g/mol. The van der Waals surface area contributed by atoms with Gasteiger partial charge in [-0.05, 0) is 18.8 Å². The fraction of sp³-hybridized carbons (Fsp3) is 0.800. The normalized spacial score (nSPS) is 23.6. The van der Waals surface area contributed by atoms with Gasteiger partial charge in [0.25, 0.3) is 0 Å². The van der Waals surface area contributed by atoms with Gasteiger partial charge >= 0.3 is 11.9 Å². The third-order valence-electron chi connectivity index (χ3n) is 3.92. The van der Waals surface area contributed by atoms with E-state index in [-0.39, 0.29) is 0 Å². The smallest absolute Gasteiger partial charge is 0.329 e. The molecule has 1 fully saturated rings. The Labute approximate surface area is 140 Å². The second kappa shape index (κ2) is 9.77. The average Bonchev–Trinajstić information content (AvgIpc) is 2.49. The molecule has 1 rings (SSSR count). The lowest BCUT2D eigenvalue weighted by Gasteiger charge is -2.27. The van der Waals surface area contributed by atoms with E-state index in [2.05, 4.69) is 12.2 Å². The number of hydrogen-bond donors (Lipinski definition) is 3. The molecule has 0 aromatic carbocycles. The first-order valence-electron chi connectivity index (χ1n) is 7.80. The third kappa shape index (κ3) is 7.22. The van der Waals surface area contributed by atoms with Crippen LogP contribution < -0.4 is 11.1 Å². The maximum absolute atomic E-state index is 11.9. The number of nitrogens with two attached hydrogens (primary N) is 1. The molecule has 0 aromatic heterocycles. The lowest BCUT2D eigenvalue weighted by atomic mass is 9.91. The van der Waals surface area contributed by atoms with E-state index in [1.54, 1.807) is 11.8 Å². The number of thioether (sulfide) groups is 1. The molecule has 0 spiro atoms. The van der Waals surface area contributed by atoms with Gasteiger partial charge in [-0.3, -0.25) is 9.59 Å². The van der Waals surface area contributed by atoms with Crippen LogP contribution in [0.1, 0.15) is 39.0 Å². The van der Waals surface area contributed by atoms with E-state index >= 15 is 0 Å². The van der Waals surface area contributed by atoms with Gasteiger partial charge in [0.1, 0.15) is 6.04 Å². The Morgan fingerprint density at radius 1 is 1.39 bits per heavy atom. The van der Waals surface area contributed by atoms with Crippen LogP contribution in [0.15, 0.2) is 0 Å². The van der Waals surface area contributed by atoms with Gasteiger partial charge in [0.05, 0.1) is 19.6 Å². The predicted molar refractivity (Wildman–Crippen MR) is 88.1 cm³/mol. The Balaban J connectivity index is 2.53. The van der Waals surface area contributed by atoms with E-state index in [4.69, 9.17) is 15.6 Å². The van der Waals surface area contributed by atoms with Crippen LogP contribution in [0.3, 0.4) is 0 Å². The van der Waals surface area contributed by atoms with Crippen LogP contribution >= 0.6 is 11.8 Å². The molecule has 4 atom stereocenters. The summed E-state index contributed by atoms with van der Waals surface area (Å²) in [6, 6.07) is -1.99. The minimum absolute atomic E-state index is 0.398. The summed E-state index contributed by atoms with van der Waals surface area (Å²) in [4.78, 5) is 34.3. The second-order valence-corrected chi connectivity index (χ2v) is 7.35. The van der Waals surface area contributed by atoms with Gasteiger partial charge in [0, 0.05) is 11.0 Å². The van der Waals surface area contributed by atoms with E-state index < -0.39 is 36.4 Å². The molecule has 0 aromatic rings. The van der Waals surface area contributed by atoms with Crippen LogP contribution in [-0.4, -0.2) is 53.1 Å². The highest BCUT2D eigenvalue weighted by atomic mass is 32.2. The Bertz CT molecular complexity index is 432. The lowest BCUT2D eigenvalue weighted by molar-refractivity contribution is -0.144. The number of carboxylic acid groups (broad SMARTS) is 1. The molecule has 0 aliphatic heterocycles. The number of hydrogen-bond acceptors (Lipinski definition) is 6. The maximum Gasteiger partial charge on any atom is 0.329 e. The van der Waals surface area contributed by atoms with Crippen molar-refractivity contribution in [2.24, 2.45) is 11.7 Å². The van der Waals surface area contributed by atoms with Crippen molar-refractivity contribution in [3.63, 3.8) is 0 Å². The predicted octanol–water partition coefficient (Wildman–Crippen LogP) is 0.758. The summed E-state index contributed by atoms with van der Waals surface area (Å²) in [5, 5.41) is 11.6. The minimum Gasteiger partial charge on any atom is -0.481 e. The Kier molecular flexibility index (Phi) is 8.40. The highest BCUT2D eigenvalue weighted by molar-refractivity contribution is 8.00. The number of nitrogens with one attached hydrogen (secondary N) is 1. The summed E-state index contributed by atoms with van der Waals surface area (Å²) < 4.78 is 4.71. The van der Waals surface area contributed by atoms with Gasteiger partial charge in [-0.2, -0.15) is 11.8 Å². The highest BCUT2D eigenvalue weighted by Gasteiger charge is 2.27. The molecule has 2 unspecified atom stereocenters. The largest absolute Gasteiger partial charge is 0.481 e. The number of amides is 1. The van der Waals surface area contributed by atoms with E-state index in [1.165, 1.54) is 20.0 Å². The van der Waals surface area contributed by atoms with Gasteiger partial charge in [0.2, 0.25) is 5.91 Å². The van der Waals surface area contributed by atoms with E-state index in [0.29, 0.717) is 16.9 Å². The number of carbonyl (C=O) groups excluding carboxylic acids is 2. The topological polar surface area (TPSA) is 119 Å². The molecule has 1 amide bonds. The number of ether oxygens (including phenoxy) is 1. The van der Waals surface area contributed by atoms with Crippen molar-refractivity contribution < 1.29 is 24.2 Å². The summed E-state index contributed by atoms with van der Waals surface area (Å²) in [5.41, 5.74) is 5.51. The molecule has 7 nitrogen and oxygen atoms in total.